The molecule has 0 aliphatic carbocycles. The summed E-state index contributed by atoms with van der Waals surface area (Å²) in [6, 6.07) is 14.9. The molecule has 0 atom stereocenters. The van der Waals surface area contributed by atoms with E-state index in [1.807, 2.05) is 42.5 Å². The summed E-state index contributed by atoms with van der Waals surface area (Å²) >= 11 is 0. The van der Waals surface area contributed by atoms with Crippen LogP contribution in [0.4, 0.5) is 0 Å². The highest BCUT2D eigenvalue weighted by Gasteiger charge is 2.06. The minimum atomic E-state index is 0.606. The highest BCUT2D eigenvalue weighted by molar-refractivity contribution is 5.57. The zero-order valence-corrected chi connectivity index (χ0v) is 9.18. The van der Waals surface area contributed by atoms with Gasteiger partial charge in [0.15, 0.2) is 0 Å². The number of para-hydroxylation sites is 1. The average Bonchev–Trinajstić information content (AvgIpc) is 2.39. The smallest absolute Gasteiger partial charge is 0.144 e. The van der Waals surface area contributed by atoms with Crippen LogP contribution in [0.2, 0.25) is 0 Å². The van der Waals surface area contributed by atoms with Gasteiger partial charge in [-0.15, -0.1) is 12.8 Å². The normalized spacial score (nSPS) is 9.06. The summed E-state index contributed by atoms with van der Waals surface area (Å²) in [5, 5.41) is 0. The van der Waals surface area contributed by atoms with Crippen LogP contribution >= 0.6 is 0 Å². The van der Waals surface area contributed by atoms with Crippen molar-refractivity contribution in [2.45, 2.75) is 0 Å². The van der Waals surface area contributed by atoms with Crippen molar-refractivity contribution in [2.75, 3.05) is 0 Å². The van der Waals surface area contributed by atoms with Crippen LogP contribution in [0.3, 0.4) is 0 Å². The maximum absolute atomic E-state index is 5.70. The molecule has 0 N–H and O–H groups in total. The molecular formula is C16H10O. The first-order valence-electron chi connectivity index (χ1n) is 5.14. The summed E-state index contributed by atoms with van der Waals surface area (Å²) in [5.74, 6) is 6.46. The number of rotatable bonds is 2. The van der Waals surface area contributed by atoms with Gasteiger partial charge in [-0.2, -0.15) is 0 Å². The Labute approximate surface area is 101 Å². The standard InChI is InChI=1S/C16H10O/c1-3-13-9-8-12-16(15(13)4-2)17-14-10-6-5-7-11-14/h1-2,5-12H. The summed E-state index contributed by atoms with van der Waals surface area (Å²) in [4.78, 5) is 0. The van der Waals surface area contributed by atoms with E-state index in [2.05, 4.69) is 11.8 Å². The lowest BCUT2D eigenvalue weighted by Gasteiger charge is -2.08. The Kier molecular flexibility index (Phi) is 3.15. The fraction of sp³-hybridized carbons (Fsp3) is 0. The van der Waals surface area contributed by atoms with Crippen molar-refractivity contribution < 1.29 is 4.74 Å². The van der Waals surface area contributed by atoms with E-state index in [4.69, 9.17) is 17.6 Å². The van der Waals surface area contributed by atoms with Gasteiger partial charge in [0, 0.05) is 5.56 Å². The Morgan fingerprint density at radius 3 is 2.24 bits per heavy atom. The Morgan fingerprint density at radius 1 is 0.824 bits per heavy atom. The van der Waals surface area contributed by atoms with E-state index >= 15 is 0 Å². The third-order valence-corrected chi connectivity index (χ3v) is 2.30. The first-order valence-corrected chi connectivity index (χ1v) is 5.14. The largest absolute Gasteiger partial charge is 0.456 e. The van der Waals surface area contributed by atoms with E-state index in [1.54, 1.807) is 6.07 Å². The van der Waals surface area contributed by atoms with E-state index in [9.17, 15) is 0 Å². The summed E-state index contributed by atoms with van der Waals surface area (Å²) in [7, 11) is 0. The quantitative estimate of drug-likeness (QED) is 0.701. The number of terminal acetylenes is 2. The van der Waals surface area contributed by atoms with Gasteiger partial charge in [0.05, 0.1) is 5.56 Å². The molecule has 0 bridgehead atoms. The topological polar surface area (TPSA) is 9.23 Å². The molecule has 0 saturated heterocycles. The molecule has 0 aromatic heterocycles. The van der Waals surface area contributed by atoms with Crippen molar-refractivity contribution in [3.8, 4) is 36.2 Å². The van der Waals surface area contributed by atoms with Crippen LogP contribution in [-0.2, 0) is 0 Å². The van der Waals surface area contributed by atoms with E-state index in [0.29, 0.717) is 16.9 Å². The van der Waals surface area contributed by atoms with E-state index < -0.39 is 0 Å². The zero-order chi connectivity index (χ0) is 12.1. The molecule has 0 amide bonds. The third kappa shape index (κ3) is 2.30. The van der Waals surface area contributed by atoms with Gasteiger partial charge in [-0.05, 0) is 24.3 Å². The summed E-state index contributed by atoms with van der Waals surface area (Å²) in [6.07, 6.45) is 10.8. The fourth-order valence-electron chi connectivity index (χ4n) is 1.50. The van der Waals surface area contributed by atoms with Gasteiger partial charge >= 0.3 is 0 Å². The lowest BCUT2D eigenvalue weighted by Crippen LogP contribution is -1.91. The molecule has 0 radical (unpaired) electrons. The second kappa shape index (κ2) is 4.92. The lowest BCUT2D eigenvalue weighted by atomic mass is 10.1. The maximum Gasteiger partial charge on any atom is 0.144 e. The summed E-state index contributed by atoms with van der Waals surface area (Å²) in [5.41, 5.74) is 1.28. The molecule has 1 heteroatoms. The van der Waals surface area contributed by atoms with Gasteiger partial charge in [-0.1, -0.05) is 36.1 Å². The lowest BCUT2D eigenvalue weighted by molar-refractivity contribution is 0.481. The van der Waals surface area contributed by atoms with Crippen LogP contribution < -0.4 is 4.74 Å². The Hall–Kier alpha value is -2.64. The van der Waals surface area contributed by atoms with Crippen LogP contribution in [0.25, 0.3) is 0 Å². The second-order valence-electron chi connectivity index (χ2n) is 3.38. The Morgan fingerprint density at radius 2 is 1.59 bits per heavy atom. The third-order valence-electron chi connectivity index (χ3n) is 2.30. The van der Waals surface area contributed by atoms with Crippen LogP contribution in [0.5, 0.6) is 11.5 Å². The van der Waals surface area contributed by atoms with Gasteiger partial charge in [0.25, 0.3) is 0 Å². The zero-order valence-electron chi connectivity index (χ0n) is 9.18. The first-order chi connectivity index (χ1) is 8.35. The average molecular weight is 218 g/mol. The predicted molar refractivity (Wildman–Crippen MR) is 68.8 cm³/mol. The molecule has 2 aromatic rings. The van der Waals surface area contributed by atoms with Crippen molar-refractivity contribution in [1.82, 2.24) is 0 Å². The molecule has 0 heterocycles. The monoisotopic (exact) mass is 218 g/mol. The van der Waals surface area contributed by atoms with Crippen LogP contribution in [-0.4, -0.2) is 0 Å². The number of ether oxygens (including phenoxy) is 1. The van der Waals surface area contributed by atoms with Gasteiger partial charge in [-0.3, -0.25) is 0 Å². The van der Waals surface area contributed by atoms with Crippen molar-refractivity contribution in [3.63, 3.8) is 0 Å². The molecule has 0 aliphatic rings. The molecule has 80 valence electrons. The molecule has 1 nitrogen and oxygen atoms in total. The molecule has 0 saturated carbocycles. The van der Waals surface area contributed by atoms with Gasteiger partial charge < -0.3 is 4.74 Å². The van der Waals surface area contributed by atoms with Crippen LogP contribution in [0.1, 0.15) is 11.1 Å². The number of benzene rings is 2. The minimum absolute atomic E-state index is 0.606. The van der Waals surface area contributed by atoms with E-state index in [0.717, 1.165) is 5.75 Å². The van der Waals surface area contributed by atoms with Crippen LogP contribution in [0.15, 0.2) is 48.5 Å². The molecular weight excluding hydrogens is 208 g/mol. The predicted octanol–water partition coefficient (Wildman–Crippen LogP) is 3.44. The van der Waals surface area contributed by atoms with Gasteiger partial charge in [-0.25, -0.2) is 0 Å². The summed E-state index contributed by atoms with van der Waals surface area (Å²) < 4.78 is 5.70. The minimum Gasteiger partial charge on any atom is -0.456 e. The van der Waals surface area contributed by atoms with Gasteiger partial charge in [0.2, 0.25) is 0 Å². The van der Waals surface area contributed by atoms with Crippen molar-refractivity contribution in [3.05, 3.63) is 59.7 Å². The molecule has 2 aromatic carbocycles. The Balaban J connectivity index is 2.41. The SMILES string of the molecule is C#Cc1cccc(Oc2ccccc2)c1C#C. The van der Waals surface area contributed by atoms with E-state index in [1.165, 1.54) is 0 Å². The molecule has 0 unspecified atom stereocenters. The van der Waals surface area contributed by atoms with Crippen molar-refractivity contribution in [1.29, 1.82) is 0 Å². The van der Waals surface area contributed by atoms with E-state index in [-0.39, 0.29) is 0 Å². The highest BCUT2D eigenvalue weighted by atomic mass is 16.5. The fourth-order valence-corrected chi connectivity index (χ4v) is 1.50. The second-order valence-corrected chi connectivity index (χ2v) is 3.38. The summed E-state index contributed by atoms with van der Waals surface area (Å²) in [6.45, 7) is 0. The molecule has 0 spiro atoms. The molecule has 17 heavy (non-hydrogen) atoms. The van der Waals surface area contributed by atoms with Crippen molar-refractivity contribution in [2.24, 2.45) is 0 Å². The molecule has 2 rings (SSSR count). The highest BCUT2D eigenvalue weighted by Crippen LogP contribution is 2.26. The van der Waals surface area contributed by atoms with Crippen LogP contribution in [0, 0.1) is 24.7 Å². The van der Waals surface area contributed by atoms with Gasteiger partial charge in [0.1, 0.15) is 11.5 Å². The Bertz CT molecular complexity index is 598. The molecule has 0 fully saturated rings. The molecule has 0 aliphatic heterocycles. The number of hydrogen-bond acceptors (Lipinski definition) is 1. The number of hydrogen-bond donors (Lipinski definition) is 0. The maximum atomic E-state index is 5.70. The van der Waals surface area contributed by atoms with Crippen molar-refractivity contribution >= 4 is 0 Å². The first kappa shape index (κ1) is 10.9.